The number of nitrogens with zero attached hydrogens (tertiary/aromatic N) is 1. The summed E-state index contributed by atoms with van der Waals surface area (Å²) < 4.78 is 38.3. The highest BCUT2D eigenvalue weighted by Crippen LogP contribution is 2.28. The largest absolute Gasteiger partial charge is 0.493 e. The first kappa shape index (κ1) is 27.8. The summed E-state index contributed by atoms with van der Waals surface area (Å²) in [5, 5.41) is 5.73. The molecule has 0 unspecified atom stereocenters. The Morgan fingerprint density at radius 2 is 1.49 bits per heavy atom. The molecule has 0 radical (unpaired) electrons. The van der Waals surface area contributed by atoms with Crippen LogP contribution in [0.1, 0.15) is 37.4 Å². The lowest BCUT2D eigenvalue weighted by atomic mass is 9.98. The second-order valence-corrected chi connectivity index (χ2v) is 9.72. The Balaban J connectivity index is 1.25. The first-order chi connectivity index (χ1) is 19.8. The maximum Gasteiger partial charge on any atom is 0.255 e. The van der Waals surface area contributed by atoms with Crippen molar-refractivity contribution in [2.45, 2.75) is 19.5 Å². The minimum atomic E-state index is -0.852. The van der Waals surface area contributed by atoms with Crippen LogP contribution >= 0.6 is 0 Å². The smallest absolute Gasteiger partial charge is 0.255 e. The molecule has 0 saturated carbocycles. The molecule has 4 aromatic rings. The third-order valence-electron chi connectivity index (χ3n) is 7.01. The van der Waals surface area contributed by atoms with Crippen molar-refractivity contribution in [1.82, 2.24) is 4.90 Å². The summed E-state index contributed by atoms with van der Waals surface area (Å²) in [5.41, 5.74) is 4.31. The van der Waals surface area contributed by atoms with Gasteiger partial charge in [0.25, 0.3) is 11.8 Å². The van der Waals surface area contributed by atoms with E-state index in [0.29, 0.717) is 52.7 Å². The van der Waals surface area contributed by atoms with Crippen LogP contribution in [0.25, 0.3) is 0 Å². The zero-order valence-electron chi connectivity index (χ0n) is 22.7. The molecule has 5 rings (SSSR count). The average molecular weight is 558 g/mol. The molecule has 210 valence electrons. The van der Waals surface area contributed by atoms with Gasteiger partial charge in [0, 0.05) is 47.7 Å². The molecule has 1 aliphatic rings. The van der Waals surface area contributed by atoms with Crippen LogP contribution in [-0.2, 0) is 19.5 Å². The van der Waals surface area contributed by atoms with E-state index in [2.05, 4.69) is 15.5 Å². The molecule has 9 heteroatoms. The SMILES string of the molecule is COc1ccc(C(=O)Nc2cccc(C(=O)Nc3ccc4c(c3)CN(Cc3cccc(F)c3F)CC4)c2)cc1OC. The number of benzene rings is 4. The van der Waals surface area contributed by atoms with Gasteiger partial charge >= 0.3 is 0 Å². The molecule has 1 aliphatic heterocycles. The van der Waals surface area contributed by atoms with Gasteiger partial charge in [-0.05, 0) is 72.1 Å². The van der Waals surface area contributed by atoms with Crippen LogP contribution < -0.4 is 20.1 Å². The van der Waals surface area contributed by atoms with Crippen molar-refractivity contribution < 1.29 is 27.8 Å². The van der Waals surface area contributed by atoms with Gasteiger partial charge in [-0.3, -0.25) is 14.5 Å². The number of methoxy groups -OCH3 is 2. The van der Waals surface area contributed by atoms with Gasteiger partial charge in [0.05, 0.1) is 14.2 Å². The number of fused-ring (bicyclic) bond motifs is 1. The number of anilines is 2. The number of ether oxygens (including phenoxy) is 2. The van der Waals surface area contributed by atoms with Gasteiger partial charge in [-0.25, -0.2) is 8.78 Å². The maximum atomic E-state index is 14.2. The van der Waals surface area contributed by atoms with Crippen molar-refractivity contribution in [2.75, 3.05) is 31.4 Å². The summed E-state index contributed by atoms with van der Waals surface area (Å²) in [6, 6.07) is 21.4. The number of amides is 2. The lowest BCUT2D eigenvalue weighted by Crippen LogP contribution is -2.30. The molecule has 1 heterocycles. The van der Waals surface area contributed by atoms with Crippen LogP contribution in [0.15, 0.2) is 78.9 Å². The summed E-state index contributed by atoms with van der Waals surface area (Å²) in [7, 11) is 3.01. The molecule has 0 aliphatic carbocycles. The van der Waals surface area contributed by atoms with Crippen molar-refractivity contribution in [3.05, 3.63) is 118 Å². The topological polar surface area (TPSA) is 79.9 Å². The second kappa shape index (κ2) is 12.2. The predicted octanol–water partition coefficient (Wildman–Crippen LogP) is 6.04. The van der Waals surface area contributed by atoms with Crippen LogP contribution in [0, 0.1) is 11.6 Å². The van der Waals surface area contributed by atoms with Gasteiger partial charge in [-0.1, -0.05) is 24.3 Å². The highest BCUT2D eigenvalue weighted by atomic mass is 19.2. The number of halogens is 2. The van der Waals surface area contributed by atoms with Crippen LogP contribution in [-0.4, -0.2) is 37.5 Å². The van der Waals surface area contributed by atoms with Gasteiger partial charge in [0.15, 0.2) is 23.1 Å². The lowest BCUT2D eigenvalue weighted by molar-refractivity contribution is 0.101. The Morgan fingerprint density at radius 1 is 0.780 bits per heavy atom. The Morgan fingerprint density at radius 3 is 2.24 bits per heavy atom. The monoisotopic (exact) mass is 557 g/mol. The van der Waals surface area contributed by atoms with Gasteiger partial charge in [0.1, 0.15) is 0 Å². The third-order valence-corrected chi connectivity index (χ3v) is 7.01. The Hall–Kier alpha value is -4.76. The summed E-state index contributed by atoms with van der Waals surface area (Å²) in [6.07, 6.45) is 0.766. The molecule has 4 aromatic carbocycles. The summed E-state index contributed by atoms with van der Waals surface area (Å²) >= 11 is 0. The fourth-order valence-electron chi connectivity index (χ4n) is 4.86. The van der Waals surface area contributed by atoms with E-state index in [1.807, 2.05) is 18.2 Å². The lowest BCUT2D eigenvalue weighted by Gasteiger charge is -2.29. The molecular formula is C32H29F2N3O4. The Labute approximate surface area is 236 Å². The fourth-order valence-corrected chi connectivity index (χ4v) is 4.86. The summed E-state index contributed by atoms with van der Waals surface area (Å²) in [6.45, 7) is 1.56. The molecule has 2 amide bonds. The van der Waals surface area contributed by atoms with Gasteiger partial charge in [-0.15, -0.1) is 0 Å². The van der Waals surface area contributed by atoms with Crippen LogP contribution in [0.2, 0.25) is 0 Å². The molecule has 0 atom stereocenters. The molecule has 0 spiro atoms. The van der Waals surface area contributed by atoms with Crippen LogP contribution in [0.5, 0.6) is 11.5 Å². The molecule has 0 bridgehead atoms. The summed E-state index contributed by atoms with van der Waals surface area (Å²) in [5.74, 6) is -1.42. The predicted molar refractivity (Wildman–Crippen MR) is 153 cm³/mol. The Bertz CT molecular complexity index is 1610. The van der Waals surface area contributed by atoms with E-state index in [9.17, 15) is 18.4 Å². The number of hydrogen-bond acceptors (Lipinski definition) is 5. The Kier molecular flexibility index (Phi) is 8.26. The second-order valence-electron chi connectivity index (χ2n) is 9.72. The van der Waals surface area contributed by atoms with Gasteiger partial charge < -0.3 is 20.1 Å². The maximum absolute atomic E-state index is 14.2. The van der Waals surface area contributed by atoms with Crippen molar-refractivity contribution in [3.63, 3.8) is 0 Å². The van der Waals surface area contributed by atoms with E-state index in [-0.39, 0.29) is 11.8 Å². The van der Waals surface area contributed by atoms with Crippen molar-refractivity contribution >= 4 is 23.2 Å². The van der Waals surface area contributed by atoms with E-state index in [1.165, 1.54) is 20.3 Å². The molecular weight excluding hydrogens is 528 g/mol. The minimum absolute atomic E-state index is 0.293. The fraction of sp³-hybridized carbons (Fsp3) is 0.188. The minimum Gasteiger partial charge on any atom is -0.493 e. The van der Waals surface area contributed by atoms with E-state index >= 15 is 0 Å². The van der Waals surface area contributed by atoms with Crippen LogP contribution in [0.4, 0.5) is 20.2 Å². The number of carbonyl (C=O) groups is 2. The first-order valence-corrected chi connectivity index (χ1v) is 13.1. The quantitative estimate of drug-likeness (QED) is 0.276. The highest BCUT2D eigenvalue weighted by molar-refractivity contribution is 6.07. The number of hydrogen-bond donors (Lipinski definition) is 2. The molecule has 7 nitrogen and oxygen atoms in total. The standard InChI is InChI=1S/C32H29F2N3O4/c1-40-28-12-10-22(17-29(28)41-2)32(39)35-25-7-3-5-21(15-25)31(38)36-26-11-9-20-13-14-37(19-24(20)16-26)18-23-6-4-8-27(33)30(23)34/h3-12,15-17H,13-14,18-19H2,1-2H3,(H,35,39)(H,36,38). The zero-order valence-corrected chi connectivity index (χ0v) is 22.7. The number of nitrogens with one attached hydrogen (secondary N) is 2. The molecule has 0 saturated heterocycles. The molecule has 41 heavy (non-hydrogen) atoms. The van der Waals surface area contributed by atoms with Crippen molar-refractivity contribution in [1.29, 1.82) is 0 Å². The third kappa shape index (κ3) is 6.36. The van der Waals surface area contributed by atoms with E-state index in [0.717, 1.165) is 30.2 Å². The molecule has 0 aromatic heterocycles. The van der Waals surface area contributed by atoms with Gasteiger partial charge in [0.2, 0.25) is 0 Å². The number of rotatable bonds is 8. The van der Waals surface area contributed by atoms with Crippen LogP contribution in [0.3, 0.4) is 0 Å². The van der Waals surface area contributed by atoms with Gasteiger partial charge in [-0.2, -0.15) is 0 Å². The average Bonchev–Trinajstić information content (AvgIpc) is 2.99. The van der Waals surface area contributed by atoms with E-state index in [4.69, 9.17) is 9.47 Å². The zero-order chi connectivity index (χ0) is 28.9. The van der Waals surface area contributed by atoms with E-state index < -0.39 is 11.6 Å². The normalized spacial score (nSPS) is 12.8. The number of carbonyl (C=O) groups excluding carboxylic acids is 2. The van der Waals surface area contributed by atoms with Crippen molar-refractivity contribution in [3.8, 4) is 11.5 Å². The summed E-state index contributed by atoms with van der Waals surface area (Å²) in [4.78, 5) is 27.9. The molecule has 2 N–H and O–H groups in total. The van der Waals surface area contributed by atoms with E-state index in [1.54, 1.807) is 48.5 Å². The highest BCUT2D eigenvalue weighted by Gasteiger charge is 2.20. The molecule has 0 fully saturated rings. The van der Waals surface area contributed by atoms with Crippen molar-refractivity contribution in [2.24, 2.45) is 0 Å². The first-order valence-electron chi connectivity index (χ1n) is 13.1.